The Morgan fingerprint density at radius 1 is 1.29 bits per heavy atom. The van der Waals surface area contributed by atoms with E-state index >= 15 is 0 Å². The van der Waals surface area contributed by atoms with Crippen LogP contribution in [0.4, 0.5) is 10.5 Å². The van der Waals surface area contributed by atoms with Gasteiger partial charge in [-0.15, -0.1) is 0 Å². The Hall–Kier alpha value is -2.12. The van der Waals surface area contributed by atoms with Crippen molar-refractivity contribution < 1.29 is 19.1 Å². The third-order valence-electron chi connectivity index (χ3n) is 3.70. The maximum Gasteiger partial charge on any atom is 0.332 e. The highest BCUT2D eigenvalue weighted by Crippen LogP contribution is 2.26. The molecular weight excluding hydrogens is 334 g/mol. The van der Waals surface area contributed by atoms with Gasteiger partial charge in [0.2, 0.25) is 5.91 Å². The molecule has 1 atom stereocenters. The van der Waals surface area contributed by atoms with Crippen LogP contribution in [0.1, 0.15) is 13.3 Å². The van der Waals surface area contributed by atoms with Crippen LogP contribution in [0.3, 0.4) is 0 Å². The van der Waals surface area contributed by atoms with Crippen molar-refractivity contribution in [1.29, 1.82) is 0 Å². The Kier molecular flexibility index (Phi) is 6.16. The Morgan fingerprint density at radius 2 is 1.96 bits per heavy atom. The molecule has 1 aromatic carbocycles. The van der Waals surface area contributed by atoms with Gasteiger partial charge in [0, 0.05) is 31.0 Å². The Labute approximate surface area is 145 Å². The molecule has 0 bridgehead atoms. The summed E-state index contributed by atoms with van der Waals surface area (Å²) >= 11 is 5.85. The number of amides is 4. The molecule has 0 radical (unpaired) electrons. The van der Waals surface area contributed by atoms with E-state index in [0.717, 1.165) is 4.90 Å². The monoisotopic (exact) mass is 353 g/mol. The summed E-state index contributed by atoms with van der Waals surface area (Å²) in [6.45, 7) is 2.30. The van der Waals surface area contributed by atoms with E-state index in [0.29, 0.717) is 30.3 Å². The topological polar surface area (TPSA) is 79.0 Å². The average molecular weight is 354 g/mol. The number of benzene rings is 1. The quantitative estimate of drug-likeness (QED) is 0.597. The van der Waals surface area contributed by atoms with Gasteiger partial charge >= 0.3 is 6.03 Å². The number of hydrogen-bond acceptors (Lipinski definition) is 4. The first-order valence-electron chi connectivity index (χ1n) is 7.61. The molecule has 0 aliphatic carbocycles. The van der Waals surface area contributed by atoms with Crippen LogP contribution in [-0.2, 0) is 14.3 Å². The fourth-order valence-corrected chi connectivity index (χ4v) is 2.58. The summed E-state index contributed by atoms with van der Waals surface area (Å²) in [6.07, 6.45) is 0.664. The van der Waals surface area contributed by atoms with E-state index in [9.17, 15) is 14.4 Å². The fourth-order valence-electron chi connectivity index (χ4n) is 2.45. The Morgan fingerprint density at radius 3 is 2.58 bits per heavy atom. The number of ether oxygens (including phenoxy) is 1. The lowest BCUT2D eigenvalue weighted by atomic mass is 10.2. The van der Waals surface area contributed by atoms with Crippen LogP contribution in [-0.4, -0.2) is 55.6 Å². The summed E-state index contributed by atoms with van der Waals surface area (Å²) in [6, 6.07) is 5.44. The molecule has 0 unspecified atom stereocenters. The molecule has 0 saturated carbocycles. The highest BCUT2D eigenvalue weighted by Gasteiger charge is 2.43. The molecule has 1 aromatic rings. The summed E-state index contributed by atoms with van der Waals surface area (Å²) in [5, 5.41) is 3.20. The van der Waals surface area contributed by atoms with Gasteiger partial charge in [0.25, 0.3) is 5.91 Å². The first kappa shape index (κ1) is 18.2. The van der Waals surface area contributed by atoms with Crippen molar-refractivity contribution in [1.82, 2.24) is 10.2 Å². The highest BCUT2D eigenvalue weighted by molar-refractivity contribution is 6.30. The lowest BCUT2D eigenvalue weighted by molar-refractivity contribution is -0.131. The zero-order chi connectivity index (χ0) is 17.7. The number of anilines is 1. The van der Waals surface area contributed by atoms with Gasteiger partial charge in [-0.1, -0.05) is 11.6 Å². The van der Waals surface area contributed by atoms with Gasteiger partial charge in [0.05, 0.1) is 0 Å². The average Bonchev–Trinajstić information content (AvgIpc) is 2.76. The molecule has 8 heteroatoms. The number of urea groups is 1. The van der Waals surface area contributed by atoms with Crippen molar-refractivity contribution in [3.63, 3.8) is 0 Å². The Balaban J connectivity index is 2.02. The smallest absolute Gasteiger partial charge is 0.332 e. The SMILES string of the molecule is COCCCNC(=O)CN1C(=O)[C@H](C)N(c2ccc(Cl)cc2)C1=O. The van der Waals surface area contributed by atoms with Gasteiger partial charge < -0.3 is 10.1 Å². The normalized spacial score (nSPS) is 17.5. The zero-order valence-electron chi connectivity index (χ0n) is 13.6. The summed E-state index contributed by atoms with van der Waals surface area (Å²) in [7, 11) is 1.58. The van der Waals surface area contributed by atoms with Crippen LogP contribution in [0.2, 0.25) is 5.02 Å². The maximum atomic E-state index is 12.5. The van der Waals surface area contributed by atoms with Crippen LogP contribution < -0.4 is 10.2 Å². The molecule has 4 amide bonds. The first-order valence-corrected chi connectivity index (χ1v) is 7.99. The molecule has 130 valence electrons. The Bertz CT molecular complexity index is 620. The second-order valence-corrected chi connectivity index (χ2v) is 5.86. The number of hydrogen-bond donors (Lipinski definition) is 1. The minimum atomic E-state index is -0.667. The molecule has 1 N–H and O–H groups in total. The van der Waals surface area contributed by atoms with Gasteiger partial charge in [0.15, 0.2) is 0 Å². The van der Waals surface area contributed by atoms with E-state index in [4.69, 9.17) is 16.3 Å². The number of methoxy groups -OCH3 is 1. The molecule has 1 aliphatic rings. The number of carbonyl (C=O) groups is 3. The second kappa shape index (κ2) is 8.12. The molecule has 1 saturated heterocycles. The summed E-state index contributed by atoms with van der Waals surface area (Å²) in [5.74, 6) is -0.778. The van der Waals surface area contributed by atoms with Crippen LogP contribution in [0.25, 0.3) is 0 Å². The van der Waals surface area contributed by atoms with E-state index in [2.05, 4.69) is 5.32 Å². The van der Waals surface area contributed by atoms with Crippen LogP contribution in [0.5, 0.6) is 0 Å². The minimum Gasteiger partial charge on any atom is -0.385 e. The summed E-state index contributed by atoms with van der Waals surface area (Å²) < 4.78 is 4.89. The molecule has 2 rings (SSSR count). The third-order valence-corrected chi connectivity index (χ3v) is 3.95. The van der Waals surface area contributed by atoms with E-state index in [-0.39, 0.29) is 12.5 Å². The van der Waals surface area contributed by atoms with E-state index in [1.165, 1.54) is 4.90 Å². The molecule has 0 spiro atoms. The van der Waals surface area contributed by atoms with Gasteiger partial charge in [-0.2, -0.15) is 0 Å². The standard InChI is InChI=1S/C16H20ClN3O4/c1-11-15(22)19(10-14(21)18-8-3-9-24-2)16(23)20(11)13-6-4-12(17)5-7-13/h4-7,11H,3,8-10H2,1-2H3,(H,18,21)/t11-/m0/s1. The van der Waals surface area contributed by atoms with E-state index in [1.807, 2.05) is 0 Å². The molecule has 0 aromatic heterocycles. The predicted octanol–water partition coefficient (Wildman–Crippen LogP) is 1.65. The van der Waals surface area contributed by atoms with Crippen LogP contribution >= 0.6 is 11.6 Å². The molecule has 1 heterocycles. The minimum absolute atomic E-state index is 0.293. The number of carbonyl (C=O) groups excluding carboxylic acids is 3. The highest BCUT2D eigenvalue weighted by atomic mass is 35.5. The van der Waals surface area contributed by atoms with Crippen molar-refractivity contribution in [2.24, 2.45) is 0 Å². The molecular formula is C16H20ClN3O4. The van der Waals surface area contributed by atoms with Crippen molar-refractivity contribution in [3.8, 4) is 0 Å². The van der Waals surface area contributed by atoms with Gasteiger partial charge in [-0.3, -0.25) is 19.4 Å². The summed E-state index contributed by atoms with van der Waals surface area (Å²) in [4.78, 5) is 39.1. The van der Waals surface area contributed by atoms with Crippen molar-refractivity contribution in [2.75, 3.05) is 31.7 Å². The third kappa shape index (κ3) is 4.04. The van der Waals surface area contributed by atoms with Gasteiger partial charge in [-0.25, -0.2) is 4.79 Å². The van der Waals surface area contributed by atoms with Crippen LogP contribution in [0, 0.1) is 0 Å². The number of rotatable bonds is 7. The zero-order valence-corrected chi connectivity index (χ0v) is 14.4. The van der Waals surface area contributed by atoms with Gasteiger partial charge in [-0.05, 0) is 37.6 Å². The van der Waals surface area contributed by atoms with Crippen molar-refractivity contribution in [3.05, 3.63) is 29.3 Å². The number of halogens is 1. The predicted molar refractivity (Wildman–Crippen MR) is 90.0 cm³/mol. The fraction of sp³-hybridized carbons (Fsp3) is 0.438. The molecule has 24 heavy (non-hydrogen) atoms. The van der Waals surface area contributed by atoms with Crippen LogP contribution in [0.15, 0.2) is 24.3 Å². The van der Waals surface area contributed by atoms with E-state index < -0.39 is 18.0 Å². The molecule has 1 fully saturated rings. The van der Waals surface area contributed by atoms with Crippen molar-refractivity contribution in [2.45, 2.75) is 19.4 Å². The van der Waals surface area contributed by atoms with E-state index in [1.54, 1.807) is 38.3 Å². The lowest BCUT2D eigenvalue weighted by Gasteiger charge is -2.19. The second-order valence-electron chi connectivity index (χ2n) is 5.43. The largest absolute Gasteiger partial charge is 0.385 e. The van der Waals surface area contributed by atoms with Crippen molar-refractivity contribution >= 4 is 35.1 Å². The van der Waals surface area contributed by atoms with Gasteiger partial charge in [0.1, 0.15) is 12.6 Å². The summed E-state index contributed by atoms with van der Waals surface area (Å²) in [5.41, 5.74) is 0.563. The first-order chi connectivity index (χ1) is 11.5. The number of imide groups is 1. The molecule has 1 aliphatic heterocycles. The lowest BCUT2D eigenvalue weighted by Crippen LogP contribution is -2.41. The molecule has 7 nitrogen and oxygen atoms in total. The maximum absolute atomic E-state index is 12.5. The number of nitrogens with zero attached hydrogens (tertiary/aromatic N) is 2. The number of nitrogens with one attached hydrogen (secondary N) is 1.